The highest BCUT2D eigenvalue weighted by Crippen LogP contribution is 2.33. The lowest BCUT2D eigenvalue weighted by Crippen LogP contribution is -1.93. The van der Waals surface area contributed by atoms with Crippen molar-refractivity contribution in [2.45, 2.75) is 6.92 Å². The standard InChI is InChI=1S/C12H13NO/c1-8-7-11(13)9-5-3-4-6-10(9)12(8)14-2/h3-7H,13H2,1-2H3. The van der Waals surface area contributed by atoms with E-state index in [2.05, 4.69) is 0 Å². The quantitative estimate of drug-likeness (QED) is 0.697. The third-order valence-corrected chi connectivity index (χ3v) is 2.42. The topological polar surface area (TPSA) is 35.2 Å². The molecule has 2 aromatic carbocycles. The van der Waals surface area contributed by atoms with Crippen molar-refractivity contribution in [3.63, 3.8) is 0 Å². The SMILES string of the molecule is COc1c(C)cc(N)c2ccccc12. The summed E-state index contributed by atoms with van der Waals surface area (Å²) in [7, 11) is 1.69. The molecule has 2 aromatic rings. The van der Waals surface area contributed by atoms with Crippen molar-refractivity contribution in [3.05, 3.63) is 35.9 Å². The highest BCUT2D eigenvalue weighted by Gasteiger charge is 2.06. The molecule has 0 bridgehead atoms. The minimum absolute atomic E-state index is 0.805. The number of benzene rings is 2. The molecule has 2 nitrogen and oxygen atoms in total. The monoisotopic (exact) mass is 187 g/mol. The molecule has 0 radical (unpaired) electrons. The smallest absolute Gasteiger partial charge is 0.129 e. The molecule has 2 rings (SSSR count). The molecule has 0 saturated heterocycles. The maximum atomic E-state index is 5.93. The molecule has 0 aliphatic rings. The van der Waals surface area contributed by atoms with Gasteiger partial charge in [0.25, 0.3) is 0 Å². The zero-order valence-corrected chi connectivity index (χ0v) is 8.37. The molecule has 0 saturated carbocycles. The average molecular weight is 187 g/mol. The Balaban J connectivity index is 2.90. The predicted octanol–water partition coefficient (Wildman–Crippen LogP) is 2.74. The van der Waals surface area contributed by atoms with E-state index in [4.69, 9.17) is 10.5 Å². The van der Waals surface area contributed by atoms with Crippen LogP contribution in [0.1, 0.15) is 5.56 Å². The van der Waals surface area contributed by atoms with Gasteiger partial charge in [0.1, 0.15) is 5.75 Å². The van der Waals surface area contributed by atoms with Gasteiger partial charge in [0.15, 0.2) is 0 Å². The normalized spacial score (nSPS) is 10.4. The molecule has 0 aliphatic heterocycles. The zero-order valence-electron chi connectivity index (χ0n) is 8.37. The van der Waals surface area contributed by atoms with Crippen LogP contribution in [-0.4, -0.2) is 7.11 Å². The minimum Gasteiger partial charge on any atom is -0.496 e. The fraction of sp³-hybridized carbons (Fsp3) is 0.167. The van der Waals surface area contributed by atoms with Crippen LogP contribution in [0.2, 0.25) is 0 Å². The molecule has 2 heteroatoms. The van der Waals surface area contributed by atoms with E-state index < -0.39 is 0 Å². The van der Waals surface area contributed by atoms with Gasteiger partial charge in [-0.15, -0.1) is 0 Å². The van der Waals surface area contributed by atoms with Crippen molar-refractivity contribution in [3.8, 4) is 5.75 Å². The highest BCUT2D eigenvalue weighted by molar-refractivity contribution is 5.98. The first-order valence-electron chi connectivity index (χ1n) is 4.56. The Morgan fingerprint density at radius 1 is 1.14 bits per heavy atom. The molecule has 0 unspecified atom stereocenters. The largest absolute Gasteiger partial charge is 0.496 e. The Kier molecular flexibility index (Phi) is 2.04. The number of aryl methyl sites for hydroxylation is 1. The van der Waals surface area contributed by atoms with Crippen molar-refractivity contribution < 1.29 is 4.74 Å². The summed E-state index contributed by atoms with van der Waals surface area (Å²) >= 11 is 0. The molecule has 0 atom stereocenters. The van der Waals surface area contributed by atoms with Crippen molar-refractivity contribution in [1.82, 2.24) is 0 Å². The fourth-order valence-corrected chi connectivity index (χ4v) is 1.79. The van der Waals surface area contributed by atoms with Crippen molar-refractivity contribution in [2.24, 2.45) is 0 Å². The van der Waals surface area contributed by atoms with Crippen LogP contribution in [0.5, 0.6) is 5.75 Å². The maximum absolute atomic E-state index is 5.93. The van der Waals surface area contributed by atoms with E-state index in [0.29, 0.717) is 0 Å². The summed E-state index contributed by atoms with van der Waals surface area (Å²) in [5.74, 6) is 0.912. The number of hydrogen-bond acceptors (Lipinski definition) is 2. The molecule has 0 heterocycles. The lowest BCUT2D eigenvalue weighted by Gasteiger charge is -2.10. The Labute approximate surface area is 83.3 Å². The second-order valence-corrected chi connectivity index (χ2v) is 3.36. The third kappa shape index (κ3) is 1.20. The van der Waals surface area contributed by atoms with E-state index in [1.165, 1.54) is 0 Å². The summed E-state index contributed by atoms with van der Waals surface area (Å²) in [5, 5.41) is 2.13. The Bertz CT molecular complexity index is 477. The average Bonchev–Trinajstić information content (AvgIpc) is 2.18. The van der Waals surface area contributed by atoms with Gasteiger partial charge in [0.2, 0.25) is 0 Å². The van der Waals surface area contributed by atoms with Crippen molar-refractivity contribution in [2.75, 3.05) is 12.8 Å². The summed E-state index contributed by atoms with van der Waals surface area (Å²) in [5.41, 5.74) is 7.80. The molecule has 0 spiro atoms. The van der Waals surface area contributed by atoms with Gasteiger partial charge in [-0.3, -0.25) is 0 Å². The van der Waals surface area contributed by atoms with Gasteiger partial charge in [-0.1, -0.05) is 24.3 Å². The maximum Gasteiger partial charge on any atom is 0.129 e. The third-order valence-electron chi connectivity index (χ3n) is 2.42. The lowest BCUT2D eigenvalue weighted by atomic mass is 10.0. The lowest BCUT2D eigenvalue weighted by molar-refractivity contribution is 0.417. The predicted molar refractivity (Wildman–Crippen MR) is 59.6 cm³/mol. The van der Waals surface area contributed by atoms with Crippen molar-refractivity contribution in [1.29, 1.82) is 0 Å². The van der Waals surface area contributed by atoms with Crippen LogP contribution in [0, 0.1) is 6.92 Å². The molecule has 0 fully saturated rings. The number of methoxy groups -OCH3 is 1. The highest BCUT2D eigenvalue weighted by atomic mass is 16.5. The first-order chi connectivity index (χ1) is 6.74. The van der Waals surface area contributed by atoms with E-state index >= 15 is 0 Å². The van der Waals surface area contributed by atoms with Crippen LogP contribution >= 0.6 is 0 Å². The van der Waals surface area contributed by atoms with E-state index in [9.17, 15) is 0 Å². The van der Waals surface area contributed by atoms with Crippen LogP contribution in [0.15, 0.2) is 30.3 Å². The summed E-state index contributed by atoms with van der Waals surface area (Å²) in [4.78, 5) is 0. The summed E-state index contributed by atoms with van der Waals surface area (Å²) in [6.45, 7) is 2.00. The van der Waals surface area contributed by atoms with Crippen LogP contribution < -0.4 is 10.5 Å². The number of ether oxygens (including phenoxy) is 1. The van der Waals surface area contributed by atoms with Gasteiger partial charge in [-0.25, -0.2) is 0 Å². The summed E-state index contributed by atoms with van der Waals surface area (Å²) in [6.07, 6.45) is 0. The summed E-state index contributed by atoms with van der Waals surface area (Å²) < 4.78 is 5.36. The van der Waals surface area contributed by atoms with Gasteiger partial charge in [-0.2, -0.15) is 0 Å². The number of fused-ring (bicyclic) bond motifs is 1. The number of nitrogens with two attached hydrogens (primary N) is 1. The Morgan fingerprint density at radius 2 is 1.79 bits per heavy atom. The van der Waals surface area contributed by atoms with Gasteiger partial charge in [-0.05, 0) is 18.6 Å². The van der Waals surface area contributed by atoms with Gasteiger partial charge < -0.3 is 10.5 Å². The van der Waals surface area contributed by atoms with Crippen molar-refractivity contribution >= 4 is 16.5 Å². The number of hydrogen-bond donors (Lipinski definition) is 1. The number of rotatable bonds is 1. The van der Waals surface area contributed by atoms with E-state index in [1.807, 2.05) is 37.3 Å². The van der Waals surface area contributed by atoms with Crippen LogP contribution in [0.25, 0.3) is 10.8 Å². The minimum atomic E-state index is 0.805. The second kappa shape index (κ2) is 3.22. The van der Waals surface area contributed by atoms with Gasteiger partial charge >= 0.3 is 0 Å². The summed E-state index contributed by atoms with van der Waals surface area (Å²) in [6, 6.07) is 9.95. The Hall–Kier alpha value is -1.70. The molecular formula is C12H13NO. The van der Waals surface area contributed by atoms with Crippen LogP contribution in [0.4, 0.5) is 5.69 Å². The number of anilines is 1. The molecule has 0 amide bonds. The molecular weight excluding hydrogens is 174 g/mol. The first kappa shape index (κ1) is 8.88. The Morgan fingerprint density at radius 3 is 2.43 bits per heavy atom. The molecule has 14 heavy (non-hydrogen) atoms. The molecule has 0 aliphatic carbocycles. The first-order valence-corrected chi connectivity index (χ1v) is 4.56. The van der Waals surface area contributed by atoms with Crippen LogP contribution in [-0.2, 0) is 0 Å². The van der Waals surface area contributed by atoms with E-state index in [1.54, 1.807) is 7.11 Å². The van der Waals surface area contributed by atoms with E-state index in [0.717, 1.165) is 27.8 Å². The van der Waals surface area contributed by atoms with E-state index in [-0.39, 0.29) is 0 Å². The molecule has 0 aromatic heterocycles. The zero-order chi connectivity index (χ0) is 10.1. The molecule has 2 N–H and O–H groups in total. The second-order valence-electron chi connectivity index (χ2n) is 3.36. The molecule has 72 valence electrons. The number of nitrogen functional groups attached to an aromatic ring is 1. The van der Waals surface area contributed by atoms with Gasteiger partial charge in [0, 0.05) is 16.5 Å². The fourth-order valence-electron chi connectivity index (χ4n) is 1.79. The van der Waals surface area contributed by atoms with Gasteiger partial charge in [0.05, 0.1) is 7.11 Å². The van der Waals surface area contributed by atoms with Crippen LogP contribution in [0.3, 0.4) is 0 Å².